The first-order valence-electron chi connectivity index (χ1n) is 4.53. The first-order valence-corrected chi connectivity index (χ1v) is 5.52. The van der Waals surface area contributed by atoms with Crippen LogP contribution in [-0.4, -0.2) is 26.8 Å². The highest BCUT2D eigenvalue weighted by Gasteiger charge is 2.09. The number of thioether (sulfide) groups is 1. The van der Waals surface area contributed by atoms with Crippen molar-refractivity contribution in [2.75, 3.05) is 5.75 Å². The number of rotatable bonds is 4. The Morgan fingerprint density at radius 2 is 2.47 bits per heavy atom. The molecule has 0 aliphatic carbocycles. The quantitative estimate of drug-likeness (QED) is 0.202. The van der Waals surface area contributed by atoms with Crippen molar-refractivity contribution in [2.45, 2.75) is 19.0 Å². The van der Waals surface area contributed by atoms with Gasteiger partial charge in [0, 0.05) is 23.6 Å². The minimum atomic E-state index is 0.00381. The lowest BCUT2D eigenvalue weighted by Gasteiger charge is -2.07. The molecule has 0 spiro atoms. The molecule has 0 aromatic carbocycles. The van der Waals surface area contributed by atoms with Crippen LogP contribution in [0.3, 0.4) is 0 Å². The van der Waals surface area contributed by atoms with E-state index in [1.54, 1.807) is 6.20 Å². The number of oxime groups is 1. The Labute approximate surface area is 92.8 Å². The molecular weight excluding hydrogens is 212 g/mol. The van der Waals surface area contributed by atoms with E-state index in [0.717, 1.165) is 5.69 Å². The summed E-state index contributed by atoms with van der Waals surface area (Å²) in [7, 11) is 0. The van der Waals surface area contributed by atoms with Crippen molar-refractivity contribution in [3.63, 3.8) is 0 Å². The smallest absolute Gasteiger partial charge is 0.187 e. The van der Waals surface area contributed by atoms with E-state index in [4.69, 9.17) is 10.9 Å². The molecule has 1 aromatic rings. The van der Waals surface area contributed by atoms with Crippen molar-refractivity contribution < 1.29 is 5.21 Å². The van der Waals surface area contributed by atoms with Crippen molar-refractivity contribution in [3.8, 4) is 0 Å². The van der Waals surface area contributed by atoms with E-state index >= 15 is 0 Å². The van der Waals surface area contributed by atoms with Crippen molar-refractivity contribution in [3.05, 3.63) is 18.0 Å². The highest BCUT2D eigenvalue weighted by molar-refractivity contribution is 7.99. The molecule has 1 atom stereocenters. The van der Waals surface area contributed by atoms with Crippen molar-refractivity contribution in [1.82, 2.24) is 9.97 Å². The van der Waals surface area contributed by atoms with Gasteiger partial charge in [-0.05, 0) is 13.0 Å². The summed E-state index contributed by atoms with van der Waals surface area (Å²) in [6.45, 7) is 3.80. The summed E-state index contributed by atoms with van der Waals surface area (Å²) in [5, 5.41) is 12.1. The molecule has 0 saturated carbocycles. The number of amidine groups is 1. The first kappa shape index (κ1) is 11.8. The minimum absolute atomic E-state index is 0.00381. The zero-order chi connectivity index (χ0) is 11.3. The van der Waals surface area contributed by atoms with Crippen molar-refractivity contribution >= 4 is 17.6 Å². The molecule has 1 aromatic heterocycles. The highest BCUT2D eigenvalue weighted by Crippen LogP contribution is 2.16. The van der Waals surface area contributed by atoms with Crippen LogP contribution in [0.15, 0.2) is 22.6 Å². The lowest BCUT2D eigenvalue weighted by molar-refractivity contribution is 0.315. The molecule has 15 heavy (non-hydrogen) atoms. The molecule has 1 unspecified atom stereocenters. The third kappa shape index (κ3) is 3.75. The molecule has 1 rings (SSSR count). The third-order valence-electron chi connectivity index (χ3n) is 1.86. The minimum Gasteiger partial charge on any atom is -0.409 e. The van der Waals surface area contributed by atoms with Crippen LogP contribution in [0.1, 0.15) is 12.6 Å². The molecule has 0 bridgehead atoms. The largest absolute Gasteiger partial charge is 0.409 e. The molecular formula is C9H14N4OS. The van der Waals surface area contributed by atoms with E-state index in [-0.39, 0.29) is 11.8 Å². The molecule has 82 valence electrons. The number of hydrogen-bond acceptors (Lipinski definition) is 5. The molecule has 0 amide bonds. The van der Waals surface area contributed by atoms with Crippen LogP contribution in [-0.2, 0) is 0 Å². The van der Waals surface area contributed by atoms with E-state index in [1.807, 2.05) is 19.9 Å². The fourth-order valence-electron chi connectivity index (χ4n) is 0.879. The predicted molar refractivity (Wildman–Crippen MR) is 60.1 cm³/mol. The summed E-state index contributed by atoms with van der Waals surface area (Å²) in [6, 6.07) is 1.84. The van der Waals surface area contributed by atoms with Gasteiger partial charge in [-0.15, -0.1) is 0 Å². The predicted octanol–water partition coefficient (Wildman–Crippen LogP) is 1.26. The molecule has 3 N–H and O–H groups in total. The maximum Gasteiger partial charge on any atom is 0.187 e. The van der Waals surface area contributed by atoms with Gasteiger partial charge in [-0.25, -0.2) is 9.97 Å². The van der Waals surface area contributed by atoms with Gasteiger partial charge in [-0.1, -0.05) is 23.8 Å². The molecule has 1 heterocycles. The summed E-state index contributed by atoms with van der Waals surface area (Å²) in [4.78, 5) is 8.34. The Morgan fingerprint density at radius 3 is 3.07 bits per heavy atom. The van der Waals surface area contributed by atoms with E-state index in [0.29, 0.717) is 10.9 Å². The fraction of sp³-hybridized carbons (Fsp3) is 0.444. The summed E-state index contributed by atoms with van der Waals surface area (Å²) >= 11 is 1.49. The molecule has 0 saturated heterocycles. The van der Waals surface area contributed by atoms with Crippen LogP contribution in [0.5, 0.6) is 0 Å². The Morgan fingerprint density at radius 1 is 1.73 bits per heavy atom. The van der Waals surface area contributed by atoms with Gasteiger partial charge in [0.25, 0.3) is 0 Å². The van der Waals surface area contributed by atoms with Gasteiger partial charge in [0.05, 0.1) is 0 Å². The van der Waals surface area contributed by atoms with Gasteiger partial charge >= 0.3 is 0 Å². The van der Waals surface area contributed by atoms with E-state index in [9.17, 15) is 0 Å². The van der Waals surface area contributed by atoms with Crippen LogP contribution in [0.25, 0.3) is 0 Å². The number of aryl methyl sites for hydroxylation is 1. The van der Waals surface area contributed by atoms with Gasteiger partial charge in [-0.3, -0.25) is 0 Å². The Bertz CT molecular complexity index is 356. The Kier molecular flexibility index (Phi) is 4.36. The SMILES string of the molecule is Cc1ccnc(SCC(C)C(N)=NO)n1. The van der Waals surface area contributed by atoms with E-state index in [2.05, 4.69) is 15.1 Å². The number of nitrogens with zero attached hydrogens (tertiary/aromatic N) is 3. The average Bonchev–Trinajstić information content (AvgIpc) is 2.25. The van der Waals surface area contributed by atoms with Gasteiger partial charge < -0.3 is 10.9 Å². The maximum absolute atomic E-state index is 8.47. The van der Waals surface area contributed by atoms with Crippen LogP contribution in [0, 0.1) is 12.8 Å². The average molecular weight is 226 g/mol. The van der Waals surface area contributed by atoms with Gasteiger partial charge in [0.15, 0.2) is 5.16 Å². The summed E-state index contributed by atoms with van der Waals surface area (Å²) in [6.07, 6.45) is 1.72. The van der Waals surface area contributed by atoms with Gasteiger partial charge in [0.1, 0.15) is 5.84 Å². The molecule has 6 heteroatoms. The monoisotopic (exact) mass is 226 g/mol. The Hall–Kier alpha value is -1.30. The normalized spacial score (nSPS) is 13.9. The standard InChI is InChI=1S/C9H14N4OS/c1-6(8(10)13-14)5-15-9-11-4-3-7(2)12-9/h3-4,6,14H,5H2,1-2H3,(H2,10,13). The molecule has 0 fully saturated rings. The second kappa shape index (κ2) is 5.55. The van der Waals surface area contributed by atoms with Crippen LogP contribution in [0.4, 0.5) is 0 Å². The van der Waals surface area contributed by atoms with E-state index in [1.165, 1.54) is 11.8 Å². The number of nitrogens with two attached hydrogens (primary N) is 1. The first-order chi connectivity index (χ1) is 7.13. The summed E-state index contributed by atoms with van der Waals surface area (Å²) < 4.78 is 0. The lowest BCUT2D eigenvalue weighted by atomic mass is 10.2. The second-order valence-corrected chi connectivity index (χ2v) is 4.20. The molecule has 0 radical (unpaired) electrons. The van der Waals surface area contributed by atoms with Crippen LogP contribution >= 0.6 is 11.8 Å². The topological polar surface area (TPSA) is 84.4 Å². The second-order valence-electron chi connectivity index (χ2n) is 3.22. The lowest BCUT2D eigenvalue weighted by Crippen LogP contribution is -2.23. The van der Waals surface area contributed by atoms with E-state index < -0.39 is 0 Å². The number of hydrogen-bond donors (Lipinski definition) is 2. The summed E-state index contributed by atoms with van der Waals surface area (Å²) in [5.74, 6) is 0.929. The molecule has 5 nitrogen and oxygen atoms in total. The third-order valence-corrected chi connectivity index (χ3v) is 2.98. The zero-order valence-electron chi connectivity index (χ0n) is 8.71. The van der Waals surface area contributed by atoms with Gasteiger partial charge in [-0.2, -0.15) is 0 Å². The fourth-order valence-corrected chi connectivity index (χ4v) is 1.79. The van der Waals surface area contributed by atoms with Gasteiger partial charge in [0.2, 0.25) is 0 Å². The van der Waals surface area contributed by atoms with Crippen LogP contribution in [0.2, 0.25) is 0 Å². The van der Waals surface area contributed by atoms with Crippen molar-refractivity contribution in [1.29, 1.82) is 0 Å². The van der Waals surface area contributed by atoms with Crippen LogP contribution < -0.4 is 5.73 Å². The zero-order valence-corrected chi connectivity index (χ0v) is 9.53. The molecule has 0 aliphatic rings. The molecule has 0 aliphatic heterocycles. The summed E-state index contributed by atoms with van der Waals surface area (Å²) in [5.41, 5.74) is 6.39. The van der Waals surface area contributed by atoms with Crippen molar-refractivity contribution in [2.24, 2.45) is 16.8 Å². The Balaban J connectivity index is 2.50. The maximum atomic E-state index is 8.47. The highest BCUT2D eigenvalue weighted by atomic mass is 32.2. The number of aromatic nitrogens is 2.